The minimum absolute atomic E-state index is 0.332. The lowest BCUT2D eigenvalue weighted by Crippen LogP contribution is -2.52. The van der Waals surface area contributed by atoms with Crippen LogP contribution in [-0.4, -0.2) is 66.2 Å². The summed E-state index contributed by atoms with van der Waals surface area (Å²) in [6, 6.07) is -0.437. The van der Waals surface area contributed by atoms with Gasteiger partial charge in [-0.3, -0.25) is 9.59 Å². The summed E-state index contributed by atoms with van der Waals surface area (Å²) in [5.74, 6) is -1.07. The maximum atomic E-state index is 12.2. The number of hydrogen-bond donors (Lipinski definition) is 1. The Morgan fingerprint density at radius 1 is 1.58 bits per heavy atom. The number of fused-ring (bicyclic) bond motifs is 1. The maximum Gasteiger partial charge on any atom is 0.445 e. The van der Waals surface area contributed by atoms with E-state index in [1.807, 2.05) is 0 Å². The normalized spacial score (nSPS) is 21.4. The second kappa shape index (κ2) is 7.31. The van der Waals surface area contributed by atoms with E-state index < -0.39 is 18.1 Å². The first-order valence-electron chi connectivity index (χ1n) is 7.58. The summed E-state index contributed by atoms with van der Waals surface area (Å²) >= 11 is 0. The van der Waals surface area contributed by atoms with Gasteiger partial charge in [-0.15, -0.1) is 11.6 Å². The van der Waals surface area contributed by atoms with Crippen LogP contribution in [0.3, 0.4) is 0 Å². The number of nitrogens with one attached hydrogen (secondary N) is 1. The van der Waals surface area contributed by atoms with Gasteiger partial charge in [-0.05, 0) is 19.4 Å². The molecule has 8 nitrogen and oxygen atoms in total. The van der Waals surface area contributed by atoms with E-state index in [4.69, 9.17) is 4.74 Å². The summed E-state index contributed by atoms with van der Waals surface area (Å²) in [7, 11) is 2.97. The Balaban J connectivity index is 2.09. The molecule has 4 amide bonds. The van der Waals surface area contributed by atoms with Crippen molar-refractivity contribution in [3.63, 3.8) is 0 Å². The Hall–Kier alpha value is -2.61. The van der Waals surface area contributed by atoms with Crippen LogP contribution in [0, 0.1) is 5.92 Å². The van der Waals surface area contributed by atoms with Crippen molar-refractivity contribution in [2.75, 3.05) is 20.7 Å². The van der Waals surface area contributed by atoms with E-state index in [2.05, 4.69) is 16.9 Å². The monoisotopic (exact) mass is 333 g/mol. The number of dihydropyridines is 1. The van der Waals surface area contributed by atoms with Crippen molar-refractivity contribution < 1.29 is 23.7 Å². The Morgan fingerprint density at radius 2 is 2.29 bits per heavy atom. The Bertz CT molecular complexity index is 678. The number of hydrogen-bond acceptors (Lipinski definition) is 5. The lowest BCUT2D eigenvalue weighted by molar-refractivity contribution is -0.407. The van der Waals surface area contributed by atoms with E-state index in [1.165, 1.54) is 17.8 Å². The molecule has 0 radical (unpaired) electrons. The quantitative estimate of drug-likeness (QED) is 0.430. The fourth-order valence-electron chi connectivity index (χ4n) is 2.34. The van der Waals surface area contributed by atoms with Gasteiger partial charge in [0.05, 0.1) is 26.4 Å². The van der Waals surface area contributed by atoms with Crippen molar-refractivity contribution in [2.45, 2.75) is 19.4 Å². The van der Waals surface area contributed by atoms with Gasteiger partial charge in [0.25, 0.3) is 11.7 Å². The van der Waals surface area contributed by atoms with Gasteiger partial charge < -0.3 is 10.1 Å². The van der Waals surface area contributed by atoms with Gasteiger partial charge in [0, 0.05) is 0 Å². The Labute approximate surface area is 140 Å². The van der Waals surface area contributed by atoms with Gasteiger partial charge in [0.2, 0.25) is 0 Å². The molecule has 0 saturated heterocycles. The molecule has 2 rings (SSSR count). The average Bonchev–Trinajstić information content (AvgIpc) is 2.58. The van der Waals surface area contributed by atoms with Crippen molar-refractivity contribution in [1.29, 1.82) is 0 Å². The summed E-state index contributed by atoms with van der Waals surface area (Å²) in [6.45, 7) is 5.63. The summed E-state index contributed by atoms with van der Waals surface area (Å²) in [6.07, 6.45) is 4.73. The number of nitrogens with zero attached hydrogens (tertiary/aromatic N) is 3. The van der Waals surface area contributed by atoms with Crippen molar-refractivity contribution >= 4 is 29.9 Å². The molecule has 0 aromatic carbocycles. The van der Waals surface area contributed by atoms with Gasteiger partial charge in [-0.2, -0.15) is 9.48 Å². The number of ether oxygens (including phenoxy) is 1. The number of allylic oxidation sites excluding steroid dienone is 1. The molecular weight excluding hydrogens is 312 g/mol. The largest absolute Gasteiger partial charge is 0.445 e. The zero-order valence-electron chi connectivity index (χ0n) is 14.0. The molecule has 0 aromatic heterocycles. The predicted molar refractivity (Wildman–Crippen MR) is 87.8 cm³/mol. The first kappa shape index (κ1) is 17.7. The average molecular weight is 333 g/mol. The number of carbonyl (C=O) groups is 3. The molecule has 0 bridgehead atoms. The van der Waals surface area contributed by atoms with Crippen LogP contribution in [0.15, 0.2) is 29.4 Å². The zero-order chi connectivity index (χ0) is 17.9. The van der Waals surface area contributed by atoms with Crippen LogP contribution in [0.2, 0.25) is 0 Å². The Morgan fingerprint density at radius 3 is 2.96 bits per heavy atom. The number of urea groups is 1. The third kappa shape index (κ3) is 3.48. The molecule has 0 spiro atoms. The van der Waals surface area contributed by atoms with Gasteiger partial charge in [-0.1, -0.05) is 6.08 Å². The first-order valence-corrected chi connectivity index (χ1v) is 7.58. The molecular formula is C16H21N4O4+. The third-order valence-corrected chi connectivity index (χ3v) is 3.80. The minimum atomic E-state index is -0.699. The summed E-state index contributed by atoms with van der Waals surface area (Å²) in [5, 5.41) is 2.67. The lowest BCUT2D eigenvalue weighted by atomic mass is 10.0. The van der Waals surface area contributed by atoms with Gasteiger partial charge in [-0.25, -0.2) is 4.79 Å². The molecule has 2 aliphatic heterocycles. The second-order valence-electron chi connectivity index (χ2n) is 5.53. The number of amides is 4. The number of amidine groups is 1. The number of imide groups is 1. The SMILES string of the molecule is C=CCCOC(C)C(=O)NC1=CC2C(=O)N(C)C(=O)[N+](C)=C2N=C1. The minimum Gasteiger partial charge on any atom is -0.368 e. The van der Waals surface area contributed by atoms with Crippen LogP contribution in [0.25, 0.3) is 0 Å². The molecule has 0 fully saturated rings. The highest BCUT2D eigenvalue weighted by Crippen LogP contribution is 2.18. The standard InChI is InChI=1S/C16H20N4O4/c1-5-6-7-24-10(2)14(21)18-11-8-12-13(17-9-11)19(3)16(23)20(4)15(12)22/h5,8-10,12H,1,6-7H2,2-4H3/p+1. The van der Waals surface area contributed by atoms with E-state index >= 15 is 0 Å². The molecule has 24 heavy (non-hydrogen) atoms. The van der Waals surface area contributed by atoms with Crippen LogP contribution >= 0.6 is 0 Å². The van der Waals surface area contributed by atoms with E-state index in [1.54, 1.807) is 26.1 Å². The molecule has 2 heterocycles. The van der Waals surface area contributed by atoms with E-state index in [-0.39, 0.29) is 11.8 Å². The van der Waals surface area contributed by atoms with Gasteiger partial charge >= 0.3 is 11.9 Å². The van der Waals surface area contributed by atoms with Crippen molar-refractivity contribution in [2.24, 2.45) is 10.9 Å². The van der Waals surface area contributed by atoms with Crippen molar-refractivity contribution in [3.8, 4) is 0 Å². The fourth-order valence-corrected chi connectivity index (χ4v) is 2.34. The second-order valence-corrected chi connectivity index (χ2v) is 5.53. The Kier molecular flexibility index (Phi) is 5.40. The van der Waals surface area contributed by atoms with E-state index in [0.717, 1.165) is 4.90 Å². The molecule has 8 heteroatoms. The maximum absolute atomic E-state index is 12.2. The molecule has 0 aliphatic carbocycles. The van der Waals surface area contributed by atoms with Crippen LogP contribution in [0.4, 0.5) is 4.79 Å². The third-order valence-electron chi connectivity index (χ3n) is 3.80. The molecule has 2 aliphatic rings. The topological polar surface area (TPSA) is 91.1 Å². The predicted octanol–water partition coefficient (Wildman–Crippen LogP) is 0.301. The van der Waals surface area contributed by atoms with Crippen LogP contribution in [0.1, 0.15) is 13.3 Å². The van der Waals surface area contributed by atoms with Crippen LogP contribution in [-0.2, 0) is 14.3 Å². The molecule has 0 saturated carbocycles. The van der Waals surface area contributed by atoms with Crippen LogP contribution in [0.5, 0.6) is 0 Å². The molecule has 2 unspecified atom stereocenters. The van der Waals surface area contributed by atoms with E-state index in [9.17, 15) is 14.4 Å². The number of aliphatic imine (C=N–C) groups is 1. The van der Waals surface area contributed by atoms with Gasteiger partial charge in [0.1, 0.15) is 12.3 Å². The number of carbonyl (C=O) groups excluding carboxylic acids is 3. The molecule has 0 aromatic rings. The summed E-state index contributed by atoms with van der Waals surface area (Å²) in [5.41, 5.74) is 0.400. The summed E-state index contributed by atoms with van der Waals surface area (Å²) < 4.78 is 6.69. The highest BCUT2D eigenvalue weighted by atomic mass is 16.5. The van der Waals surface area contributed by atoms with Crippen molar-refractivity contribution in [1.82, 2.24) is 10.2 Å². The summed E-state index contributed by atoms with van der Waals surface area (Å²) in [4.78, 5) is 41.4. The van der Waals surface area contributed by atoms with Crippen LogP contribution < -0.4 is 5.32 Å². The highest BCUT2D eigenvalue weighted by molar-refractivity contribution is 6.15. The smallest absolute Gasteiger partial charge is 0.368 e. The van der Waals surface area contributed by atoms with E-state index in [0.29, 0.717) is 24.6 Å². The molecule has 128 valence electrons. The van der Waals surface area contributed by atoms with Gasteiger partial charge in [0.15, 0.2) is 5.92 Å². The lowest BCUT2D eigenvalue weighted by Gasteiger charge is -2.24. The zero-order valence-corrected chi connectivity index (χ0v) is 14.0. The molecule has 2 atom stereocenters. The fraction of sp³-hybridized carbons (Fsp3) is 0.438. The first-order chi connectivity index (χ1) is 11.4. The number of rotatable bonds is 6. The molecule has 1 N–H and O–H groups in total. The highest BCUT2D eigenvalue weighted by Gasteiger charge is 2.44. The van der Waals surface area contributed by atoms with Crippen molar-refractivity contribution in [3.05, 3.63) is 24.4 Å².